The van der Waals surface area contributed by atoms with Crippen LogP contribution in [-0.4, -0.2) is 71.6 Å². The summed E-state index contributed by atoms with van der Waals surface area (Å²) in [6, 6.07) is 0.924. The molecular formula is C20H37IN4S. The van der Waals surface area contributed by atoms with Crippen molar-refractivity contribution in [1.29, 1.82) is 0 Å². The minimum atomic E-state index is 0. The van der Waals surface area contributed by atoms with Gasteiger partial charge >= 0.3 is 0 Å². The van der Waals surface area contributed by atoms with Crippen LogP contribution in [0.2, 0.25) is 0 Å². The van der Waals surface area contributed by atoms with E-state index in [4.69, 9.17) is 4.99 Å². The number of hydrogen-bond acceptors (Lipinski definition) is 3. The molecule has 0 aromatic heterocycles. The predicted octanol–water partition coefficient (Wildman–Crippen LogP) is 3.81. The van der Waals surface area contributed by atoms with Crippen LogP contribution in [0.15, 0.2) is 4.99 Å². The number of halogens is 1. The van der Waals surface area contributed by atoms with Crippen LogP contribution in [0.3, 0.4) is 0 Å². The highest BCUT2D eigenvalue weighted by Crippen LogP contribution is 2.42. The average molecular weight is 493 g/mol. The van der Waals surface area contributed by atoms with Gasteiger partial charge in [0.25, 0.3) is 0 Å². The molecule has 1 N–H and O–H groups in total. The zero-order valence-corrected chi connectivity index (χ0v) is 19.6. The van der Waals surface area contributed by atoms with E-state index in [-0.39, 0.29) is 24.0 Å². The number of rotatable bonds is 4. The highest BCUT2D eigenvalue weighted by Gasteiger charge is 2.38. The zero-order valence-electron chi connectivity index (χ0n) is 16.4. The van der Waals surface area contributed by atoms with Crippen LogP contribution >= 0.6 is 35.7 Å². The van der Waals surface area contributed by atoms with Gasteiger partial charge in [0.15, 0.2) is 5.96 Å². The first-order valence-electron chi connectivity index (χ1n) is 10.7. The Hall–Kier alpha value is 0.310. The molecule has 6 heteroatoms. The number of aliphatic imine (C=N–C) groups is 1. The summed E-state index contributed by atoms with van der Waals surface area (Å²) < 4.78 is 0.517. The SMILES string of the molecule is CCNC(=NCC1CCN(C2CC2)C1)N1CCSC2(CCCCC2)C1.I. The van der Waals surface area contributed by atoms with Crippen molar-refractivity contribution in [1.82, 2.24) is 15.1 Å². The molecule has 0 amide bonds. The van der Waals surface area contributed by atoms with Gasteiger partial charge in [0, 0.05) is 49.3 Å². The molecule has 4 fully saturated rings. The first-order valence-corrected chi connectivity index (χ1v) is 11.7. The lowest BCUT2D eigenvalue weighted by Crippen LogP contribution is -2.53. The molecule has 4 nitrogen and oxygen atoms in total. The molecule has 1 unspecified atom stereocenters. The van der Waals surface area contributed by atoms with Crippen LogP contribution in [0.4, 0.5) is 0 Å². The average Bonchev–Trinajstić information content (AvgIpc) is 3.38. The van der Waals surface area contributed by atoms with Crippen LogP contribution < -0.4 is 5.32 Å². The Morgan fingerprint density at radius 3 is 2.69 bits per heavy atom. The van der Waals surface area contributed by atoms with E-state index in [1.807, 2.05) is 0 Å². The van der Waals surface area contributed by atoms with Crippen molar-refractivity contribution in [3.05, 3.63) is 0 Å². The maximum absolute atomic E-state index is 5.11. The Morgan fingerprint density at radius 1 is 1.15 bits per heavy atom. The van der Waals surface area contributed by atoms with Gasteiger partial charge in [-0.3, -0.25) is 4.99 Å². The Labute approximate surface area is 181 Å². The quantitative estimate of drug-likeness (QED) is 0.368. The van der Waals surface area contributed by atoms with Crippen molar-refractivity contribution in [2.45, 2.75) is 69.1 Å². The predicted molar refractivity (Wildman–Crippen MR) is 124 cm³/mol. The smallest absolute Gasteiger partial charge is 0.193 e. The van der Waals surface area contributed by atoms with E-state index < -0.39 is 0 Å². The van der Waals surface area contributed by atoms with E-state index in [2.05, 4.69) is 33.8 Å². The second kappa shape index (κ2) is 9.68. The Kier molecular flexibility index (Phi) is 7.83. The van der Waals surface area contributed by atoms with Crippen molar-refractivity contribution in [3.63, 3.8) is 0 Å². The molecule has 0 bridgehead atoms. The minimum absolute atomic E-state index is 0. The molecule has 2 saturated heterocycles. The lowest BCUT2D eigenvalue weighted by molar-refractivity contribution is 0.292. The third-order valence-corrected chi connectivity index (χ3v) is 8.06. The largest absolute Gasteiger partial charge is 0.357 e. The molecule has 0 aromatic carbocycles. The summed E-state index contributed by atoms with van der Waals surface area (Å²) >= 11 is 2.25. The zero-order chi connectivity index (χ0) is 17.1. The maximum Gasteiger partial charge on any atom is 0.193 e. The first-order chi connectivity index (χ1) is 12.3. The fourth-order valence-electron chi connectivity index (χ4n) is 4.95. The molecule has 150 valence electrons. The molecule has 1 atom stereocenters. The van der Waals surface area contributed by atoms with Crippen molar-refractivity contribution in [2.24, 2.45) is 10.9 Å². The lowest BCUT2D eigenvalue weighted by Gasteiger charge is -2.45. The fourth-order valence-corrected chi connectivity index (χ4v) is 6.52. The number of thioether (sulfide) groups is 1. The van der Waals surface area contributed by atoms with Gasteiger partial charge in [-0.15, -0.1) is 24.0 Å². The van der Waals surface area contributed by atoms with Gasteiger partial charge in [-0.1, -0.05) is 19.3 Å². The normalized spacial score (nSPS) is 29.7. The molecule has 2 saturated carbocycles. The van der Waals surface area contributed by atoms with E-state index in [1.54, 1.807) is 0 Å². The lowest BCUT2D eigenvalue weighted by atomic mass is 9.87. The van der Waals surface area contributed by atoms with Crippen LogP contribution in [-0.2, 0) is 0 Å². The van der Waals surface area contributed by atoms with Gasteiger partial charge in [-0.2, -0.15) is 11.8 Å². The molecular weight excluding hydrogens is 455 g/mol. The second-order valence-corrected chi connectivity index (χ2v) is 10.2. The van der Waals surface area contributed by atoms with Crippen LogP contribution in [0, 0.1) is 5.92 Å². The van der Waals surface area contributed by atoms with Gasteiger partial charge in [0.05, 0.1) is 0 Å². The van der Waals surface area contributed by atoms with Crippen LogP contribution in [0.5, 0.6) is 0 Å². The molecule has 2 aliphatic heterocycles. The summed E-state index contributed by atoms with van der Waals surface area (Å²) in [5.74, 6) is 3.23. The molecule has 1 spiro atoms. The fraction of sp³-hybridized carbons (Fsp3) is 0.950. The Bertz CT molecular complexity index is 471. The molecule has 4 rings (SSSR count). The van der Waals surface area contributed by atoms with Gasteiger partial charge in [0.1, 0.15) is 0 Å². The molecule has 2 heterocycles. The van der Waals surface area contributed by atoms with Gasteiger partial charge in [0.2, 0.25) is 0 Å². The van der Waals surface area contributed by atoms with Crippen molar-refractivity contribution in [3.8, 4) is 0 Å². The number of nitrogens with zero attached hydrogens (tertiary/aromatic N) is 3. The third-order valence-electron chi connectivity index (χ3n) is 6.53. The maximum atomic E-state index is 5.11. The number of guanidine groups is 1. The van der Waals surface area contributed by atoms with E-state index in [9.17, 15) is 0 Å². The van der Waals surface area contributed by atoms with E-state index in [0.717, 1.165) is 31.6 Å². The Morgan fingerprint density at radius 2 is 1.96 bits per heavy atom. The van der Waals surface area contributed by atoms with Crippen LogP contribution in [0.1, 0.15) is 58.3 Å². The number of likely N-dealkylation sites (tertiary alicyclic amines) is 1. The third kappa shape index (κ3) is 5.22. The summed E-state index contributed by atoms with van der Waals surface area (Å²) in [5.41, 5.74) is 0. The summed E-state index contributed by atoms with van der Waals surface area (Å²) in [6.45, 7) is 9.17. The topological polar surface area (TPSA) is 30.9 Å². The summed E-state index contributed by atoms with van der Waals surface area (Å²) in [7, 11) is 0. The number of hydrogen-bond donors (Lipinski definition) is 1. The minimum Gasteiger partial charge on any atom is -0.357 e. The summed E-state index contributed by atoms with van der Waals surface area (Å²) in [6.07, 6.45) is 11.3. The highest BCUT2D eigenvalue weighted by molar-refractivity contribution is 14.0. The van der Waals surface area contributed by atoms with Crippen molar-refractivity contribution < 1.29 is 0 Å². The Balaban J connectivity index is 0.00000196. The van der Waals surface area contributed by atoms with E-state index >= 15 is 0 Å². The van der Waals surface area contributed by atoms with Crippen molar-refractivity contribution >= 4 is 41.7 Å². The molecule has 26 heavy (non-hydrogen) atoms. The standard InChI is InChI=1S/C20H36N4S.HI/c1-2-21-19(22-14-17-8-11-23(15-17)18-6-7-18)24-12-13-25-20(16-24)9-4-3-5-10-20;/h17-18H,2-16H2,1H3,(H,21,22);1H. The monoisotopic (exact) mass is 492 g/mol. The molecule has 2 aliphatic carbocycles. The van der Waals surface area contributed by atoms with E-state index in [0.29, 0.717) is 4.75 Å². The summed E-state index contributed by atoms with van der Waals surface area (Å²) in [4.78, 5) is 10.4. The second-order valence-electron chi connectivity index (χ2n) is 8.59. The molecule has 0 radical (unpaired) electrons. The van der Waals surface area contributed by atoms with Gasteiger partial charge in [-0.25, -0.2) is 0 Å². The first kappa shape index (κ1) is 21.0. The van der Waals surface area contributed by atoms with Gasteiger partial charge in [-0.05, 0) is 51.5 Å². The van der Waals surface area contributed by atoms with E-state index in [1.165, 1.54) is 82.7 Å². The van der Waals surface area contributed by atoms with Crippen LogP contribution in [0.25, 0.3) is 0 Å². The highest BCUT2D eigenvalue weighted by atomic mass is 127. The molecule has 4 aliphatic rings. The molecule has 0 aromatic rings. The summed E-state index contributed by atoms with van der Waals surface area (Å²) in [5, 5.41) is 3.60. The van der Waals surface area contributed by atoms with Gasteiger partial charge < -0.3 is 15.1 Å². The van der Waals surface area contributed by atoms with Crippen molar-refractivity contribution in [2.75, 3.05) is 45.0 Å². The number of nitrogens with one attached hydrogen (secondary N) is 1.